The van der Waals surface area contributed by atoms with Crippen LogP contribution < -0.4 is 5.19 Å². The third-order valence-electron chi connectivity index (χ3n) is 5.40. The molecule has 5 heteroatoms. The minimum atomic E-state index is -3.08. The molecule has 1 aromatic carbocycles. The lowest BCUT2D eigenvalue weighted by Crippen LogP contribution is -2.78. The summed E-state index contributed by atoms with van der Waals surface area (Å²) in [6, 6.07) is 10.2. The van der Waals surface area contributed by atoms with Crippen LogP contribution in [-0.2, 0) is 0 Å². The lowest BCUT2D eigenvalue weighted by atomic mass is 10.4. The number of halogens is 1. The Bertz CT molecular complexity index is 468. The van der Waals surface area contributed by atoms with Crippen LogP contribution in [0.4, 0.5) is 4.11 Å². The molecular formula is C17H35FSi4. The summed E-state index contributed by atoms with van der Waals surface area (Å²) >= 11 is 0. The first-order valence-electron chi connectivity index (χ1n) is 8.35. The summed E-state index contributed by atoms with van der Waals surface area (Å²) in [4.78, 5) is 0. The maximum atomic E-state index is 16.9. The Morgan fingerprint density at radius 3 is 1.23 bits per heavy atom. The number of hydrogen-bond acceptors (Lipinski definition) is 0. The van der Waals surface area contributed by atoms with Crippen LogP contribution in [0.25, 0.3) is 0 Å². The first-order valence-corrected chi connectivity index (χ1v) is 21.2. The van der Waals surface area contributed by atoms with E-state index in [0.29, 0.717) is 0 Å². The molecular weight excluding hydrogens is 336 g/mol. The Kier molecular flexibility index (Phi) is 5.31. The zero-order chi connectivity index (χ0) is 17.6. The molecule has 0 fully saturated rings. The van der Waals surface area contributed by atoms with Crippen LogP contribution in [0, 0.1) is 0 Å². The molecule has 0 amide bonds. The molecule has 126 valence electrons. The van der Waals surface area contributed by atoms with Gasteiger partial charge < -0.3 is 4.11 Å². The third-order valence-corrected chi connectivity index (χ3v) is 39.4. The second-order valence-electron chi connectivity index (χ2n) is 9.87. The van der Waals surface area contributed by atoms with Gasteiger partial charge in [-0.1, -0.05) is 89.3 Å². The largest absolute Gasteiger partial charge is 0.308 e. The van der Waals surface area contributed by atoms with Gasteiger partial charge in [0.2, 0.25) is 0 Å². The van der Waals surface area contributed by atoms with Gasteiger partial charge in [-0.05, 0) is 15.6 Å². The van der Waals surface area contributed by atoms with Gasteiger partial charge >= 0.3 is 0 Å². The molecule has 0 spiro atoms. The zero-order valence-electron chi connectivity index (χ0n) is 16.3. The average molecular weight is 371 g/mol. The second kappa shape index (κ2) is 5.83. The smallest absolute Gasteiger partial charge is 0.273 e. The fourth-order valence-corrected chi connectivity index (χ4v) is 52.9. The standard InChI is InChI=1S/C17H35FSi4/c1-19(2,3)17(20(4,5)6,21(7,8)9)22(10,18)16-14-12-11-13-15-16/h11-15H,1-10H3. The quantitative estimate of drug-likeness (QED) is 0.453. The average Bonchev–Trinajstić information content (AvgIpc) is 2.23. The van der Waals surface area contributed by atoms with E-state index in [1.807, 2.05) is 24.7 Å². The molecule has 0 saturated carbocycles. The van der Waals surface area contributed by atoms with E-state index < -0.39 is 32.6 Å². The summed E-state index contributed by atoms with van der Waals surface area (Å²) in [7, 11) is -8.23. The van der Waals surface area contributed by atoms with Gasteiger partial charge in [-0.2, -0.15) is 0 Å². The van der Waals surface area contributed by atoms with Crippen molar-refractivity contribution in [2.45, 2.75) is 69.4 Å². The van der Waals surface area contributed by atoms with Crippen LogP contribution in [0.2, 0.25) is 69.4 Å². The van der Waals surface area contributed by atoms with E-state index in [1.54, 1.807) is 0 Å². The van der Waals surface area contributed by atoms with E-state index in [-0.39, 0.29) is 3.91 Å². The van der Waals surface area contributed by atoms with E-state index in [4.69, 9.17) is 0 Å². The molecule has 0 N–H and O–H groups in total. The minimum Gasteiger partial charge on any atom is -0.308 e. The first kappa shape index (κ1) is 20.1. The fraction of sp³-hybridized carbons (Fsp3) is 0.647. The van der Waals surface area contributed by atoms with Crippen molar-refractivity contribution in [1.29, 1.82) is 0 Å². The molecule has 0 aliphatic rings. The topological polar surface area (TPSA) is 0 Å². The van der Waals surface area contributed by atoms with Crippen molar-refractivity contribution in [2.75, 3.05) is 0 Å². The molecule has 0 aliphatic heterocycles. The Morgan fingerprint density at radius 1 is 0.636 bits per heavy atom. The Hall–Kier alpha value is 0.0175. The SMILES string of the molecule is C[Si](C)(C)C([Si](C)(C)C)([Si](C)(C)C)[Si](C)(F)c1ccccc1. The van der Waals surface area contributed by atoms with Crippen LogP contribution >= 0.6 is 0 Å². The normalized spacial score (nSPS) is 17.2. The van der Waals surface area contributed by atoms with E-state index in [0.717, 1.165) is 5.19 Å². The second-order valence-corrected chi connectivity index (χ2v) is 32.0. The maximum absolute atomic E-state index is 16.9. The molecule has 1 aromatic rings. The lowest BCUT2D eigenvalue weighted by molar-refractivity contribution is 0.786. The summed E-state index contributed by atoms with van der Waals surface area (Å²) in [5.74, 6) is 0. The molecule has 0 bridgehead atoms. The fourth-order valence-electron chi connectivity index (χ4n) is 6.46. The summed E-state index contributed by atoms with van der Waals surface area (Å²) in [6.07, 6.45) is 0. The lowest BCUT2D eigenvalue weighted by Gasteiger charge is -2.63. The first-order chi connectivity index (χ1) is 9.61. The van der Waals surface area contributed by atoms with Crippen LogP contribution in [0.1, 0.15) is 0 Å². The van der Waals surface area contributed by atoms with E-state index in [9.17, 15) is 0 Å². The van der Waals surface area contributed by atoms with Gasteiger partial charge in [0.1, 0.15) is 0 Å². The third kappa shape index (κ3) is 2.89. The van der Waals surface area contributed by atoms with Crippen LogP contribution in [0.3, 0.4) is 0 Å². The molecule has 0 aliphatic carbocycles. The molecule has 0 radical (unpaired) electrons. The van der Waals surface area contributed by atoms with Gasteiger partial charge in [0, 0.05) is 24.2 Å². The summed E-state index contributed by atoms with van der Waals surface area (Å²) in [5, 5.41) is 1.02. The van der Waals surface area contributed by atoms with Crippen molar-refractivity contribution in [2.24, 2.45) is 0 Å². The summed E-state index contributed by atoms with van der Waals surface area (Å²) < 4.78 is 16.9. The highest BCUT2D eigenvalue weighted by Crippen LogP contribution is 2.59. The molecule has 1 unspecified atom stereocenters. The van der Waals surface area contributed by atoms with E-state index in [2.05, 4.69) is 71.1 Å². The summed E-state index contributed by atoms with van der Waals surface area (Å²) in [6.45, 7) is 23.9. The van der Waals surface area contributed by atoms with Crippen LogP contribution in [0.5, 0.6) is 0 Å². The monoisotopic (exact) mass is 370 g/mol. The van der Waals surface area contributed by atoms with Gasteiger partial charge in [0.25, 0.3) is 8.41 Å². The van der Waals surface area contributed by atoms with Crippen molar-refractivity contribution in [1.82, 2.24) is 0 Å². The van der Waals surface area contributed by atoms with Gasteiger partial charge in [0.05, 0.1) is 0 Å². The molecule has 0 heterocycles. The van der Waals surface area contributed by atoms with Gasteiger partial charge in [-0.3, -0.25) is 0 Å². The van der Waals surface area contributed by atoms with Gasteiger partial charge in [0.15, 0.2) is 0 Å². The zero-order valence-corrected chi connectivity index (χ0v) is 20.3. The highest BCUT2D eigenvalue weighted by Gasteiger charge is 2.70. The molecule has 1 atom stereocenters. The van der Waals surface area contributed by atoms with Crippen molar-refractivity contribution in [3.8, 4) is 0 Å². The highest BCUT2D eigenvalue weighted by molar-refractivity contribution is 7.30. The number of rotatable bonds is 5. The predicted octanol–water partition coefficient (Wildman–Crippen LogP) is 5.81. The molecule has 0 aromatic heterocycles. The van der Waals surface area contributed by atoms with Crippen molar-refractivity contribution in [3.05, 3.63) is 30.3 Å². The number of benzene rings is 1. The van der Waals surface area contributed by atoms with Crippen molar-refractivity contribution < 1.29 is 4.11 Å². The highest BCUT2D eigenvalue weighted by atomic mass is 28.5. The van der Waals surface area contributed by atoms with Crippen LogP contribution in [-0.4, -0.2) is 32.6 Å². The molecule has 0 nitrogen and oxygen atoms in total. The van der Waals surface area contributed by atoms with Gasteiger partial charge in [-0.15, -0.1) is 0 Å². The van der Waals surface area contributed by atoms with Gasteiger partial charge in [-0.25, -0.2) is 0 Å². The van der Waals surface area contributed by atoms with E-state index >= 15 is 4.11 Å². The molecule has 22 heavy (non-hydrogen) atoms. The Balaban J connectivity index is 3.87. The predicted molar refractivity (Wildman–Crippen MR) is 112 cm³/mol. The Morgan fingerprint density at radius 2 is 0.955 bits per heavy atom. The maximum Gasteiger partial charge on any atom is 0.273 e. The van der Waals surface area contributed by atoms with Crippen LogP contribution in [0.15, 0.2) is 30.3 Å². The number of hydrogen-bond donors (Lipinski definition) is 0. The minimum absolute atomic E-state index is 0.00134. The van der Waals surface area contributed by atoms with Crippen molar-refractivity contribution >= 4 is 37.8 Å². The van der Waals surface area contributed by atoms with E-state index in [1.165, 1.54) is 0 Å². The Labute approximate surface area is 141 Å². The van der Waals surface area contributed by atoms with Crippen molar-refractivity contribution in [3.63, 3.8) is 0 Å². The molecule has 0 saturated heterocycles. The molecule has 1 rings (SSSR count). The summed E-state index contributed by atoms with van der Waals surface area (Å²) in [5.41, 5.74) is 0.